The van der Waals surface area contributed by atoms with Gasteiger partial charge in [-0.3, -0.25) is 4.79 Å². The van der Waals surface area contributed by atoms with Crippen LogP contribution >= 0.6 is 11.6 Å². The summed E-state index contributed by atoms with van der Waals surface area (Å²) in [5, 5.41) is 4.34. The normalized spacial score (nSPS) is 11.1. The molecule has 0 radical (unpaired) electrons. The molecule has 0 atom stereocenters. The van der Waals surface area contributed by atoms with E-state index in [1.54, 1.807) is 19.3 Å². The Morgan fingerprint density at radius 1 is 1.25 bits per heavy atom. The molecule has 5 heteroatoms. The molecule has 0 aliphatic rings. The van der Waals surface area contributed by atoms with Crippen molar-refractivity contribution in [2.75, 3.05) is 7.11 Å². The van der Waals surface area contributed by atoms with Crippen molar-refractivity contribution in [3.8, 4) is 5.75 Å². The monoisotopic (exact) mass is 341 g/mol. The number of methoxy groups -OCH3 is 1. The van der Waals surface area contributed by atoms with E-state index in [-0.39, 0.29) is 5.91 Å². The van der Waals surface area contributed by atoms with Crippen molar-refractivity contribution in [1.29, 1.82) is 0 Å². The summed E-state index contributed by atoms with van der Waals surface area (Å²) in [5.41, 5.74) is 1.61. The van der Waals surface area contributed by atoms with Gasteiger partial charge in [0.05, 0.1) is 7.11 Å². The van der Waals surface area contributed by atoms with Crippen LogP contribution in [0.1, 0.15) is 11.3 Å². The molecule has 3 aromatic rings. The van der Waals surface area contributed by atoms with Gasteiger partial charge in [-0.15, -0.1) is 0 Å². The van der Waals surface area contributed by atoms with Gasteiger partial charge in [0, 0.05) is 23.0 Å². The number of hydrogen-bond donors (Lipinski definition) is 1. The van der Waals surface area contributed by atoms with Crippen LogP contribution in [0.25, 0.3) is 17.0 Å². The van der Waals surface area contributed by atoms with Crippen LogP contribution in [0.5, 0.6) is 5.75 Å². The Kier molecular flexibility index (Phi) is 4.87. The quantitative estimate of drug-likeness (QED) is 0.699. The first-order valence-corrected chi connectivity index (χ1v) is 7.80. The van der Waals surface area contributed by atoms with Crippen LogP contribution in [0.4, 0.5) is 0 Å². The zero-order valence-corrected chi connectivity index (χ0v) is 13.8. The third-order valence-corrected chi connectivity index (χ3v) is 3.92. The van der Waals surface area contributed by atoms with Crippen molar-refractivity contribution in [3.63, 3.8) is 0 Å². The number of halogens is 1. The molecule has 1 amide bonds. The lowest BCUT2D eigenvalue weighted by atomic mass is 10.2. The fourth-order valence-corrected chi connectivity index (χ4v) is 2.49. The highest BCUT2D eigenvalue weighted by molar-refractivity contribution is 6.31. The second-order valence-electron chi connectivity index (χ2n) is 5.20. The zero-order valence-electron chi connectivity index (χ0n) is 13.1. The van der Waals surface area contributed by atoms with Crippen LogP contribution in [-0.2, 0) is 11.3 Å². The number of carbonyl (C=O) groups is 1. The lowest BCUT2D eigenvalue weighted by Gasteiger charge is -2.04. The minimum atomic E-state index is -0.215. The average Bonchev–Trinajstić information content (AvgIpc) is 3.01. The Morgan fingerprint density at radius 3 is 2.88 bits per heavy atom. The molecule has 122 valence electrons. The first-order chi connectivity index (χ1) is 11.7. The van der Waals surface area contributed by atoms with Gasteiger partial charge in [-0.25, -0.2) is 0 Å². The Bertz CT molecular complexity index is 899. The molecule has 1 aromatic heterocycles. The summed E-state index contributed by atoms with van der Waals surface area (Å²) in [5.74, 6) is 1.15. The minimum absolute atomic E-state index is 0.215. The molecular weight excluding hydrogens is 326 g/mol. The number of benzene rings is 2. The number of furan rings is 1. The average molecular weight is 342 g/mol. The fourth-order valence-electron chi connectivity index (χ4n) is 2.29. The largest absolute Gasteiger partial charge is 0.497 e. The lowest BCUT2D eigenvalue weighted by molar-refractivity contribution is -0.116. The number of ether oxygens (including phenoxy) is 1. The summed E-state index contributed by atoms with van der Waals surface area (Å²) < 4.78 is 10.8. The van der Waals surface area contributed by atoms with Gasteiger partial charge < -0.3 is 14.5 Å². The van der Waals surface area contributed by atoms with E-state index in [1.807, 2.05) is 42.5 Å². The molecule has 0 spiro atoms. The molecule has 0 saturated carbocycles. The van der Waals surface area contributed by atoms with Gasteiger partial charge in [-0.2, -0.15) is 0 Å². The van der Waals surface area contributed by atoms with Gasteiger partial charge in [0.1, 0.15) is 17.1 Å². The Balaban J connectivity index is 1.64. The van der Waals surface area contributed by atoms with E-state index in [2.05, 4.69) is 5.32 Å². The van der Waals surface area contributed by atoms with E-state index < -0.39 is 0 Å². The zero-order chi connectivity index (χ0) is 16.9. The molecule has 0 fully saturated rings. The smallest absolute Gasteiger partial charge is 0.244 e. The maximum atomic E-state index is 11.9. The molecule has 1 heterocycles. The van der Waals surface area contributed by atoms with Crippen LogP contribution in [-0.4, -0.2) is 13.0 Å². The molecule has 4 nitrogen and oxygen atoms in total. The van der Waals surface area contributed by atoms with Gasteiger partial charge in [0.15, 0.2) is 0 Å². The topological polar surface area (TPSA) is 51.5 Å². The van der Waals surface area contributed by atoms with E-state index in [0.29, 0.717) is 17.3 Å². The number of nitrogens with one attached hydrogen (secondary N) is 1. The summed E-state index contributed by atoms with van der Waals surface area (Å²) in [6, 6.07) is 14.8. The molecule has 0 aliphatic heterocycles. The van der Waals surface area contributed by atoms with Crippen molar-refractivity contribution in [3.05, 3.63) is 71.0 Å². The SMILES string of the molecule is COc1ccc2oc(/C=C/C(=O)NCc3ccccc3Cl)cc2c1. The highest BCUT2D eigenvalue weighted by Gasteiger charge is 2.04. The van der Waals surface area contributed by atoms with Crippen LogP contribution in [0.3, 0.4) is 0 Å². The van der Waals surface area contributed by atoms with Gasteiger partial charge >= 0.3 is 0 Å². The van der Waals surface area contributed by atoms with Gasteiger partial charge in [-0.05, 0) is 42.0 Å². The van der Waals surface area contributed by atoms with E-state index in [9.17, 15) is 4.79 Å². The van der Waals surface area contributed by atoms with Crippen molar-refractivity contribution >= 4 is 34.6 Å². The van der Waals surface area contributed by atoms with Crippen LogP contribution in [0.2, 0.25) is 5.02 Å². The summed E-state index contributed by atoms with van der Waals surface area (Å²) in [6.45, 7) is 0.375. The molecule has 24 heavy (non-hydrogen) atoms. The van der Waals surface area contributed by atoms with E-state index >= 15 is 0 Å². The molecule has 0 aliphatic carbocycles. The maximum absolute atomic E-state index is 11.9. The molecule has 0 saturated heterocycles. The predicted octanol–water partition coefficient (Wildman–Crippen LogP) is 4.42. The lowest BCUT2D eigenvalue weighted by Crippen LogP contribution is -2.20. The van der Waals surface area contributed by atoms with Crippen LogP contribution in [0.15, 0.2) is 59.0 Å². The van der Waals surface area contributed by atoms with E-state index in [4.69, 9.17) is 20.8 Å². The molecule has 2 aromatic carbocycles. The number of fused-ring (bicyclic) bond motifs is 1. The summed E-state index contributed by atoms with van der Waals surface area (Å²) in [4.78, 5) is 11.9. The van der Waals surface area contributed by atoms with Crippen molar-refractivity contribution < 1.29 is 13.9 Å². The molecule has 1 N–H and O–H groups in total. The molecular formula is C19H16ClNO3. The van der Waals surface area contributed by atoms with Crippen LogP contribution < -0.4 is 10.1 Å². The van der Waals surface area contributed by atoms with Crippen molar-refractivity contribution in [2.45, 2.75) is 6.54 Å². The standard InChI is InChI=1S/C19H16ClNO3/c1-23-15-6-8-18-14(10-15)11-16(24-18)7-9-19(22)21-12-13-4-2-3-5-17(13)20/h2-11H,12H2,1H3,(H,21,22)/b9-7+. The second-order valence-corrected chi connectivity index (χ2v) is 5.60. The van der Waals surface area contributed by atoms with E-state index in [1.165, 1.54) is 6.08 Å². The summed E-state index contributed by atoms with van der Waals surface area (Å²) >= 11 is 6.06. The Labute approximate surface area is 144 Å². The predicted molar refractivity (Wildman–Crippen MR) is 95.1 cm³/mol. The number of carbonyl (C=O) groups excluding carboxylic acids is 1. The highest BCUT2D eigenvalue weighted by atomic mass is 35.5. The number of rotatable bonds is 5. The first-order valence-electron chi connectivity index (χ1n) is 7.42. The van der Waals surface area contributed by atoms with Gasteiger partial charge in [-0.1, -0.05) is 29.8 Å². The maximum Gasteiger partial charge on any atom is 0.244 e. The van der Waals surface area contributed by atoms with Gasteiger partial charge in [0.25, 0.3) is 0 Å². The Morgan fingerprint density at radius 2 is 2.08 bits per heavy atom. The third kappa shape index (κ3) is 3.78. The highest BCUT2D eigenvalue weighted by Crippen LogP contribution is 2.24. The molecule has 0 unspecified atom stereocenters. The van der Waals surface area contributed by atoms with E-state index in [0.717, 1.165) is 22.3 Å². The molecule has 3 rings (SSSR count). The first kappa shape index (κ1) is 16.1. The summed E-state index contributed by atoms with van der Waals surface area (Å²) in [7, 11) is 1.62. The minimum Gasteiger partial charge on any atom is -0.497 e. The van der Waals surface area contributed by atoms with Gasteiger partial charge in [0.2, 0.25) is 5.91 Å². The second kappa shape index (κ2) is 7.23. The fraction of sp³-hybridized carbons (Fsp3) is 0.105. The molecule has 0 bridgehead atoms. The Hall–Kier alpha value is -2.72. The number of amides is 1. The number of hydrogen-bond acceptors (Lipinski definition) is 3. The van der Waals surface area contributed by atoms with Crippen molar-refractivity contribution in [1.82, 2.24) is 5.32 Å². The van der Waals surface area contributed by atoms with Crippen molar-refractivity contribution in [2.24, 2.45) is 0 Å². The third-order valence-electron chi connectivity index (χ3n) is 3.55. The summed E-state index contributed by atoms with van der Waals surface area (Å²) in [6.07, 6.45) is 3.07. The van der Waals surface area contributed by atoms with Crippen LogP contribution in [0, 0.1) is 0 Å².